The highest BCUT2D eigenvalue weighted by Gasteiger charge is 2.02. The molecule has 0 atom stereocenters. The van der Waals surface area contributed by atoms with Gasteiger partial charge >= 0.3 is 0 Å². The van der Waals surface area contributed by atoms with E-state index in [9.17, 15) is 9.18 Å². The van der Waals surface area contributed by atoms with Crippen LogP contribution in [-0.2, 0) is 4.79 Å². The number of halogens is 1. The Morgan fingerprint density at radius 2 is 2.33 bits per heavy atom. The van der Waals surface area contributed by atoms with Crippen LogP contribution in [0.2, 0.25) is 0 Å². The largest absolute Gasteiger partial charge is 0.325 e. The molecule has 0 spiro atoms. The molecule has 1 aromatic rings. The summed E-state index contributed by atoms with van der Waals surface area (Å²) in [6.07, 6.45) is 1.85. The highest BCUT2D eigenvalue weighted by Crippen LogP contribution is 2.08. The van der Waals surface area contributed by atoms with E-state index in [2.05, 4.69) is 17.2 Å². The average molecular weight is 268 g/mol. The summed E-state index contributed by atoms with van der Waals surface area (Å²) in [5.41, 5.74) is 0.475. The van der Waals surface area contributed by atoms with E-state index < -0.39 is 0 Å². The monoisotopic (exact) mass is 268 g/mol. The van der Waals surface area contributed by atoms with Gasteiger partial charge in [-0.25, -0.2) is 4.39 Å². The molecule has 0 aliphatic carbocycles. The molecular formula is C13H17FN2OS. The molecule has 98 valence electrons. The molecule has 0 bridgehead atoms. The minimum absolute atomic E-state index is 0.172. The van der Waals surface area contributed by atoms with E-state index in [1.165, 1.54) is 12.1 Å². The lowest BCUT2D eigenvalue weighted by Crippen LogP contribution is -2.29. The molecule has 5 heteroatoms. The van der Waals surface area contributed by atoms with E-state index in [1.54, 1.807) is 23.9 Å². The van der Waals surface area contributed by atoms with Crippen molar-refractivity contribution >= 4 is 23.4 Å². The summed E-state index contributed by atoms with van der Waals surface area (Å²) in [4.78, 5) is 11.5. The van der Waals surface area contributed by atoms with Crippen molar-refractivity contribution in [2.45, 2.75) is 0 Å². The maximum atomic E-state index is 12.9. The summed E-state index contributed by atoms with van der Waals surface area (Å²) in [5.74, 6) is 1.31. The van der Waals surface area contributed by atoms with Gasteiger partial charge in [0.15, 0.2) is 0 Å². The van der Waals surface area contributed by atoms with Gasteiger partial charge in [-0.05, 0) is 18.2 Å². The van der Waals surface area contributed by atoms with Crippen LogP contribution < -0.4 is 10.6 Å². The minimum atomic E-state index is -0.360. The number of anilines is 1. The Hall–Kier alpha value is -1.33. The third-order valence-electron chi connectivity index (χ3n) is 2.05. The zero-order valence-electron chi connectivity index (χ0n) is 10.1. The predicted octanol–water partition coefficient (Wildman–Crippen LogP) is 2.27. The number of amides is 1. The number of hydrogen-bond donors (Lipinski definition) is 2. The first kappa shape index (κ1) is 14.7. The zero-order chi connectivity index (χ0) is 13.2. The number of rotatable bonds is 8. The lowest BCUT2D eigenvalue weighted by molar-refractivity contribution is -0.115. The second-order valence-electron chi connectivity index (χ2n) is 3.60. The summed E-state index contributed by atoms with van der Waals surface area (Å²) in [6, 6.07) is 5.84. The molecule has 0 aliphatic heterocycles. The van der Waals surface area contributed by atoms with Crippen LogP contribution in [0.5, 0.6) is 0 Å². The molecular weight excluding hydrogens is 251 g/mol. The molecule has 0 unspecified atom stereocenters. The topological polar surface area (TPSA) is 41.1 Å². The van der Waals surface area contributed by atoms with E-state index in [0.29, 0.717) is 5.69 Å². The van der Waals surface area contributed by atoms with Crippen molar-refractivity contribution < 1.29 is 9.18 Å². The third kappa shape index (κ3) is 6.42. The fourth-order valence-electron chi connectivity index (χ4n) is 1.28. The van der Waals surface area contributed by atoms with E-state index >= 15 is 0 Å². The van der Waals surface area contributed by atoms with Crippen LogP contribution in [0.3, 0.4) is 0 Å². The SMILES string of the molecule is C=CCSCCNCC(=O)Nc1cccc(F)c1. The van der Waals surface area contributed by atoms with Gasteiger partial charge in [-0.1, -0.05) is 12.1 Å². The van der Waals surface area contributed by atoms with Gasteiger partial charge in [0.2, 0.25) is 5.91 Å². The molecule has 2 N–H and O–H groups in total. The lowest BCUT2D eigenvalue weighted by Gasteiger charge is -2.06. The van der Waals surface area contributed by atoms with E-state index in [-0.39, 0.29) is 18.3 Å². The maximum Gasteiger partial charge on any atom is 0.238 e. The molecule has 1 aromatic carbocycles. The van der Waals surface area contributed by atoms with Crippen LogP contribution in [0.4, 0.5) is 10.1 Å². The van der Waals surface area contributed by atoms with Crippen LogP contribution >= 0.6 is 11.8 Å². The molecule has 0 saturated carbocycles. The smallest absolute Gasteiger partial charge is 0.238 e. The van der Waals surface area contributed by atoms with E-state index in [0.717, 1.165) is 18.1 Å². The summed E-state index contributed by atoms with van der Waals surface area (Å²) in [5, 5.41) is 5.64. The van der Waals surface area contributed by atoms with Gasteiger partial charge in [0, 0.05) is 23.7 Å². The number of hydrogen-bond acceptors (Lipinski definition) is 3. The zero-order valence-corrected chi connectivity index (χ0v) is 10.9. The maximum absolute atomic E-state index is 12.9. The Bertz CT molecular complexity index is 398. The van der Waals surface area contributed by atoms with Crippen molar-refractivity contribution in [2.24, 2.45) is 0 Å². The molecule has 0 aromatic heterocycles. The summed E-state index contributed by atoms with van der Waals surface area (Å²) in [6.45, 7) is 4.61. The van der Waals surface area contributed by atoms with Crippen LogP contribution in [0.25, 0.3) is 0 Å². The van der Waals surface area contributed by atoms with Crippen molar-refractivity contribution in [3.8, 4) is 0 Å². The van der Waals surface area contributed by atoms with Crippen molar-refractivity contribution in [1.29, 1.82) is 0 Å². The van der Waals surface area contributed by atoms with Gasteiger partial charge in [-0.2, -0.15) is 11.8 Å². The van der Waals surface area contributed by atoms with Gasteiger partial charge in [0.1, 0.15) is 5.82 Å². The fraction of sp³-hybridized carbons (Fsp3) is 0.308. The number of thioether (sulfide) groups is 1. The number of nitrogens with one attached hydrogen (secondary N) is 2. The van der Waals surface area contributed by atoms with Crippen molar-refractivity contribution in [3.63, 3.8) is 0 Å². The molecule has 0 fully saturated rings. The highest BCUT2D eigenvalue weighted by atomic mass is 32.2. The summed E-state index contributed by atoms with van der Waals surface area (Å²) < 4.78 is 12.9. The van der Waals surface area contributed by atoms with Gasteiger partial charge in [-0.15, -0.1) is 6.58 Å². The van der Waals surface area contributed by atoms with Crippen molar-refractivity contribution in [1.82, 2.24) is 5.32 Å². The van der Waals surface area contributed by atoms with Gasteiger partial charge < -0.3 is 10.6 Å². The average Bonchev–Trinajstić information content (AvgIpc) is 2.33. The van der Waals surface area contributed by atoms with Crippen molar-refractivity contribution in [3.05, 3.63) is 42.7 Å². The Morgan fingerprint density at radius 3 is 3.06 bits per heavy atom. The fourth-order valence-corrected chi connectivity index (χ4v) is 1.91. The molecule has 18 heavy (non-hydrogen) atoms. The van der Waals surface area contributed by atoms with Gasteiger partial charge in [0.25, 0.3) is 0 Å². The van der Waals surface area contributed by atoms with Crippen molar-refractivity contribution in [2.75, 3.05) is 29.9 Å². The standard InChI is InChI=1S/C13H17FN2OS/c1-2-7-18-8-6-15-10-13(17)16-12-5-3-4-11(14)9-12/h2-5,9,15H,1,6-8,10H2,(H,16,17). The van der Waals surface area contributed by atoms with Crippen LogP contribution in [0.15, 0.2) is 36.9 Å². The summed E-state index contributed by atoms with van der Waals surface area (Å²) >= 11 is 1.75. The molecule has 0 aliphatic rings. The first-order valence-electron chi connectivity index (χ1n) is 5.67. The second kappa shape index (κ2) is 8.72. The molecule has 0 saturated heterocycles. The molecule has 0 heterocycles. The molecule has 1 rings (SSSR count). The van der Waals surface area contributed by atoms with Gasteiger partial charge in [-0.3, -0.25) is 4.79 Å². The first-order valence-corrected chi connectivity index (χ1v) is 6.82. The van der Waals surface area contributed by atoms with Crippen LogP contribution in [0.1, 0.15) is 0 Å². The highest BCUT2D eigenvalue weighted by molar-refractivity contribution is 7.99. The quantitative estimate of drug-likeness (QED) is 0.561. The minimum Gasteiger partial charge on any atom is -0.325 e. The summed E-state index contributed by atoms with van der Waals surface area (Å²) in [7, 11) is 0. The Kier molecular flexibility index (Phi) is 7.13. The van der Waals surface area contributed by atoms with E-state index in [4.69, 9.17) is 0 Å². The predicted molar refractivity (Wildman–Crippen MR) is 75.4 cm³/mol. The van der Waals surface area contributed by atoms with Gasteiger partial charge in [0.05, 0.1) is 6.54 Å². The third-order valence-corrected chi connectivity index (χ3v) is 3.02. The van der Waals surface area contributed by atoms with Crippen LogP contribution in [0, 0.1) is 5.82 Å². The first-order chi connectivity index (χ1) is 8.72. The number of carbonyl (C=O) groups is 1. The number of benzene rings is 1. The number of carbonyl (C=O) groups excluding carboxylic acids is 1. The van der Waals surface area contributed by atoms with E-state index in [1.807, 2.05) is 6.08 Å². The molecule has 3 nitrogen and oxygen atoms in total. The molecule has 1 amide bonds. The normalized spacial score (nSPS) is 10.1. The Morgan fingerprint density at radius 1 is 1.50 bits per heavy atom. The Balaban J connectivity index is 2.16. The second-order valence-corrected chi connectivity index (χ2v) is 4.75. The Labute approximate surface area is 111 Å². The molecule has 0 radical (unpaired) electrons. The lowest BCUT2D eigenvalue weighted by atomic mass is 10.3. The van der Waals surface area contributed by atoms with Crippen LogP contribution in [-0.4, -0.2) is 30.5 Å².